The largest absolute Gasteiger partial charge is 0.432 e. The zero-order chi connectivity index (χ0) is 19.1. The molecule has 1 aliphatic rings. The highest BCUT2D eigenvalue weighted by atomic mass is 16.8. The molecule has 0 radical (unpaired) electrons. The minimum absolute atomic E-state index is 0.175. The number of cyclic esters (lactones) is 1. The number of hydrogen-bond donors (Lipinski definition) is 0. The maximum absolute atomic E-state index is 13.1. The normalized spacial score (nSPS) is 22.9. The maximum Gasteiger partial charge on any atom is 0.350 e. The number of ether oxygens (including phenoxy) is 2. The molecule has 26 heavy (non-hydrogen) atoms. The van der Waals surface area contributed by atoms with Crippen LogP contribution in [-0.4, -0.2) is 17.2 Å². The number of nitro groups is 1. The summed E-state index contributed by atoms with van der Waals surface area (Å²) in [7, 11) is 0. The minimum atomic E-state index is -1.67. The Morgan fingerprint density at radius 1 is 1.12 bits per heavy atom. The summed E-state index contributed by atoms with van der Waals surface area (Å²) in [5.41, 5.74) is -0.850. The van der Waals surface area contributed by atoms with Gasteiger partial charge in [-0.3, -0.25) is 10.1 Å². The molecule has 0 bridgehead atoms. The molecular weight excluding hydrogens is 334 g/mol. The van der Waals surface area contributed by atoms with Gasteiger partial charge in [0.1, 0.15) is 0 Å². The third-order valence-corrected chi connectivity index (χ3v) is 4.40. The molecule has 0 N–H and O–H groups in total. The van der Waals surface area contributed by atoms with Gasteiger partial charge in [-0.25, -0.2) is 4.79 Å². The van der Waals surface area contributed by atoms with Crippen LogP contribution in [0.25, 0.3) is 0 Å². The van der Waals surface area contributed by atoms with Crippen molar-refractivity contribution in [2.45, 2.75) is 39.6 Å². The van der Waals surface area contributed by atoms with E-state index in [2.05, 4.69) is 0 Å². The number of nitro benzene ring substituents is 1. The average molecular weight is 355 g/mol. The first-order chi connectivity index (χ1) is 12.2. The molecule has 6 nitrogen and oxygen atoms in total. The number of benzene rings is 2. The summed E-state index contributed by atoms with van der Waals surface area (Å²) in [5.74, 6) is -0.641. The van der Waals surface area contributed by atoms with Crippen LogP contribution in [0, 0.1) is 22.5 Å². The van der Waals surface area contributed by atoms with Gasteiger partial charge in [0.25, 0.3) is 5.69 Å². The van der Waals surface area contributed by atoms with Crippen molar-refractivity contribution in [1.29, 1.82) is 0 Å². The van der Waals surface area contributed by atoms with Crippen LogP contribution in [0.3, 0.4) is 0 Å². The summed E-state index contributed by atoms with van der Waals surface area (Å²) >= 11 is 0. The monoisotopic (exact) mass is 355 g/mol. The van der Waals surface area contributed by atoms with Crippen molar-refractivity contribution in [3.63, 3.8) is 0 Å². The molecule has 1 fully saturated rings. The van der Waals surface area contributed by atoms with Gasteiger partial charge >= 0.3 is 5.97 Å². The fourth-order valence-electron chi connectivity index (χ4n) is 3.05. The van der Waals surface area contributed by atoms with Gasteiger partial charge < -0.3 is 9.47 Å². The lowest BCUT2D eigenvalue weighted by atomic mass is 9.84. The zero-order valence-corrected chi connectivity index (χ0v) is 15.2. The number of esters is 1. The molecule has 1 saturated heterocycles. The lowest BCUT2D eigenvalue weighted by molar-refractivity contribution is -0.386. The molecule has 0 spiro atoms. The summed E-state index contributed by atoms with van der Waals surface area (Å²) in [4.78, 5) is 24.2. The van der Waals surface area contributed by atoms with Crippen molar-refractivity contribution < 1.29 is 19.2 Å². The predicted molar refractivity (Wildman–Crippen MR) is 95.5 cm³/mol. The van der Waals surface area contributed by atoms with Gasteiger partial charge in [-0.2, -0.15) is 0 Å². The van der Waals surface area contributed by atoms with E-state index < -0.39 is 28.2 Å². The lowest BCUT2D eigenvalue weighted by Gasteiger charge is -2.29. The topological polar surface area (TPSA) is 78.7 Å². The van der Waals surface area contributed by atoms with Gasteiger partial charge in [0, 0.05) is 17.0 Å². The summed E-state index contributed by atoms with van der Waals surface area (Å²) in [6, 6.07) is 13.4. The number of rotatable bonds is 3. The van der Waals surface area contributed by atoms with Crippen LogP contribution in [0.15, 0.2) is 48.5 Å². The van der Waals surface area contributed by atoms with E-state index in [-0.39, 0.29) is 11.3 Å². The maximum atomic E-state index is 13.1. The van der Waals surface area contributed by atoms with Crippen molar-refractivity contribution in [1.82, 2.24) is 0 Å². The molecule has 0 amide bonds. The number of carbonyl (C=O) groups excluding carboxylic acids is 1. The molecule has 3 rings (SSSR count). The van der Waals surface area contributed by atoms with E-state index in [9.17, 15) is 14.9 Å². The van der Waals surface area contributed by atoms with Crippen molar-refractivity contribution in [2.75, 3.05) is 0 Å². The first-order valence-electron chi connectivity index (χ1n) is 8.36. The summed E-state index contributed by atoms with van der Waals surface area (Å²) in [6.07, 6.45) is -0.824. The van der Waals surface area contributed by atoms with E-state index in [1.807, 2.05) is 33.8 Å². The van der Waals surface area contributed by atoms with Gasteiger partial charge in [-0.1, -0.05) is 62.7 Å². The van der Waals surface area contributed by atoms with Crippen LogP contribution in [0.4, 0.5) is 5.69 Å². The summed E-state index contributed by atoms with van der Waals surface area (Å²) in [5, 5.41) is 11.6. The molecule has 1 heterocycles. The third-order valence-electron chi connectivity index (χ3n) is 4.40. The Hall–Kier alpha value is -2.73. The van der Waals surface area contributed by atoms with E-state index in [0.29, 0.717) is 5.56 Å². The van der Waals surface area contributed by atoms with Gasteiger partial charge in [-0.15, -0.1) is 0 Å². The van der Waals surface area contributed by atoms with Crippen molar-refractivity contribution in [3.8, 4) is 0 Å². The third kappa shape index (κ3) is 2.86. The zero-order valence-electron chi connectivity index (χ0n) is 15.2. The number of nitrogens with zero attached hydrogens (tertiary/aromatic N) is 1. The molecule has 2 atom stereocenters. The molecule has 6 heteroatoms. The Morgan fingerprint density at radius 2 is 1.77 bits per heavy atom. The van der Waals surface area contributed by atoms with E-state index in [4.69, 9.17) is 9.47 Å². The van der Waals surface area contributed by atoms with E-state index in [1.165, 1.54) is 6.07 Å². The summed E-state index contributed by atoms with van der Waals surface area (Å²) < 4.78 is 11.7. The number of aryl methyl sites for hydroxylation is 1. The number of carbonyl (C=O) groups is 1. The first-order valence-corrected chi connectivity index (χ1v) is 8.36. The van der Waals surface area contributed by atoms with Gasteiger partial charge in [-0.05, 0) is 13.0 Å². The lowest BCUT2D eigenvalue weighted by Crippen LogP contribution is -2.37. The van der Waals surface area contributed by atoms with Crippen LogP contribution in [0.5, 0.6) is 0 Å². The highest BCUT2D eigenvalue weighted by Crippen LogP contribution is 2.47. The average Bonchev–Trinajstić information content (AvgIpc) is 2.94. The van der Waals surface area contributed by atoms with E-state index in [0.717, 1.165) is 5.56 Å². The number of hydrogen-bond acceptors (Lipinski definition) is 5. The predicted octanol–water partition coefficient (Wildman–Crippen LogP) is 4.09. The van der Waals surface area contributed by atoms with Crippen LogP contribution in [0.1, 0.15) is 37.5 Å². The molecule has 0 aliphatic carbocycles. The van der Waals surface area contributed by atoms with Gasteiger partial charge in [0.15, 0.2) is 0 Å². The second kappa shape index (κ2) is 6.21. The molecule has 0 unspecified atom stereocenters. The molecule has 2 aromatic carbocycles. The fourth-order valence-corrected chi connectivity index (χ4v) is 3.05. The molecule has 136 valence electrons. The van der Waals surface area contributed by atoms with Crippen LogP contribution in [0.2, 0.25) is 0 Å². The molecular formula is C20H21NO5. The van der Waals surface area contributed by atoms with Gasteiger partial charge in [0.2, 0.25) is 11.9 Å². The smallest absolute Gasteiger partial charge is 0.350 e. The second-order valence-electron chi connectivity index (χ2n) is 7.55. The SMILES string of the molecule is Cc1ccc([N+](=O)[O-])c([C@@]2(c3ccccc3)O[C@H](C(C)(C)C)OC2=O)c1. The standard InChI is InChI=1S/C20H21NO5/c1-13-10-11-16(21(23)24)15(12-13)20(14-8-6-5-7-9-14)17(22)25-18(26-20)19(2,3)4/h5-12,18H,1-4H3/t18-,20-/m1/s1. The Bertz CT molecular complexity index is 856. The second-order valence-corrected chi connectivity index (χ2v) is 7.55. The van der Waals surface area contributed by atoms with Crippen molar-refractivity contribution in [2.24, 2.45) is 5.41 Å². The minimum Gasteiger partial charge on any atom is -0.432 e. The molecule has 0 saturated carbocycles. The Kier molecular flexibility index (Phi) is 4.32. The van der Waals surface area contributed by atoms with E-state index in [1.54, 1.807) is 36.4 Å². The van der Waals surface area contributed by atoms with Crippen molar-refractivity contribution >= 4 is 11.7 Å². The quantitative estimate of drug-likeness (QED) is 0.471. The molecule has 2 aromatic rings. The summed E-state index contributed by atoms with van der Waals surface area (Å²) in [6.45, 7) is 7.47. The Morgan fingerprint density at radius 3 is 2.31 bits per heavy atom. The fraction of sp³-hybridized carbons (Fsp3) is 0.350. The Balaban J connectivity index is 2.30. The highest BCUT2D eigenvalue weighted by Gasteiger charge is 2.58. The Labute approximate surface area is 151 Å². The van der Waals surface area contributed by atoms with Crippen LogP contribution < -0.4 is 0 Å². The van der Waals surface area contributed by atoms with Crippen LogP contribution in [-0.2, 0) is 19.9 Å². The van der Waals surface area contributed by atoms with Gasteiger partial charge in [0.05, 0.1) is 10.5 Å². The van der Waals surface area contributed by atoms with Crippen LogP contribution >= 0.6 is 0 Å². The highest BCUT2D eigenvalue weighted by molar-refractivity contribution is 5.88. The molecule has 0 aromatic heterocycles. The molecule has 1 aliphatic heterocycles. The van der Waals surface area contributed by atoms with E-state index >= 15 is 0 Å². The van der Waals surface area contributed by atoms with Crippen molar-refractivity contribution in [3.05, 3.63) is 75.3 Å². The first kappa shape index (κ1) is 18.1.